The van der Waals surface area contributed by atoms with E-state index in [1.807, 2.05) is 0 Å². The Kier molecular flexibility index (Phi) is 4.38. The second kappa shape index (κ2) is 6.24. The van der Waals surface area contributed by atoms with Crippen LogP contribution in [0.4, 0.5) is 11.4 Å². The fraction of sp³-hybridized carbons (Fsp3) is 0.600. The third kappa shape index (κ3) is 3.05. The third-order valence-corrected chi connectivity index (χ3v) is 4.32. The Balaban J connectivity index is 1.64. The van der Waals surface area contributed by atoms with E-state index in [0.29, 0.717) is 11.9 Å². The van der Waals surface area contributed by atoms with E-state index in [0.717, 1.165) is 45.1 Å². The quantitative estimate of drug-likeness (QED) is 0.654. The van der Waals surface area contributed by atoms with Crippen LogP contribution in [0.3, 0.4) is 0 Å². The maximum Gasteiger partial charge on any atom is 0.0645 e. The molecular formula is C15H23N3OS. The van der Waals surface area contributed by atoms with Gasteiger partial charge < -0.3 is 15.0 Å². The van der Waals surface area contributed by atoms with Crippen LogP contribution in [0.15, 0.2) is 18.2 Å². The molecule has 1 N–H and O–H groups in total. The van der Waals surface area contributed by atoms with E-state index in [1.165, 1.54) is 11.3 Å². The Labute approximate surface area is 126 Å². The van der Waals surface area contributed by atoms with Crippen molar-refractivity contribution in [1.82, 2.24) is 4.90 Å². The van der Waals surface area contributed by atoms with Crippen molar-refractivity contribution in [3.63, 3.8) is 0 Å². The molecule has 2 fully saturated rings. The van der Waals surface area contributed by atoms with Crippen LogP contribution >= 0.6 is 12.6 Å². The van der Waals surface area contributed by atoms with Crippen LogP contribution in [-0.4, -0.2) is 56.2 Å². The monoisotopic (exact) mass is 293 g/mol. The van der Waals surface area contributed by atoms with Crippen molar-refractivity contribution in [3.05, 3.63) is 23.8 Å². The van der Waals surface area contributed by atoms with Crippen molar-refractivity contribution >= 4 is 24.0 Å². The average molecular weight is 293 g/mol. The van der Waals surface area contributed by atoms with E-state index in [-0.39, 0.29) is 0 Å². The first-order valence-electron chi connectivity index (χ1n) is 7.29. The van der Waals surface area contributed by atoms with Gasteiger partial charge in [0.15, 0.2) is 0 Å². The minimum Gasteiger partial charge on any atom is -0.378 e. The number of aryl methyl sites for hydroxylation is 1. The highest BCUT2D eigenvalue weighted by molar-refractivity contribution is 7.80. The molecule has 1 aromatic carbocycles. The second-order valence-electron chi connectivity index (χ2n) is 5.61. The molecule has 0 unspecified atom stereocenters. The summed E-state index contributed by atoms with van der Waals surface area (Å²) in [4.78, 5) is 5.04. The summed E-state index contributed by atoms with van der Waals surface area (Å²) in [6.45, 7) is 8.45. The lowest BCUT2D eigenvalue weighted by atomic mass is 10.1. The molecular weight excluding hydrogens is 270 g/mol. The highest BCUT2D eigenvalue weighted by Crippen LogP contribution is 2.24. The third-order valence-electron chi connectivity index (χ3n) is 4.16. The number of hydrogen-bond donors (Lipinski definition) is 2. The van der Waals surface area contributed by atoms with Crippen LogP contribution in [0, 0.1) is 6.92 Å². The van der Waals surface area contributed by atoms with Crippen LogP contribution in [0.1, 0.15) is 5.56 Å². The molecule has 0 atom stereocenters. The van der Waals surface area contributed by atoms with Crippen LogP contribution in [-0.2, 0) is 4.74 Å². The zero-order valence-electron chi connectivity index (χ0n) is 12.0. The summed E-state index contributed by atoms with van der Waals surface area (Å²) in [7, 11) is 0. The average Bonchev–Trinajstić information content (AvgIpc) is 2.37. The van der Waals surface area contributed by atoms with E-state index in [9.17, 15) is 0 Å². The van der Waals surface area contributed by atoms with Gasteiger partial charge in [0.05, 0.1) is 25.1 Å². The zero-order chi connectivity index (χ0) is 13.9. The predicted octanol–water partition coefficient (Wildman–Crippen LogP) is 1.82. The van der Waals surface area contributed by atoms with Crippen molar-refractivity contribution in [1.29, 1.82) is 0 Å². The van der Waals surface area contributed by atoms with Crippen LogP contribution in [0.5, 0.6) is 0 Å². The minimum absolute atomic E-state index is 0.663. The van der Waals surface area contributed by atoms with Crippen molar-refractivity contribution in [2.24, 2.45) is 0 Å². The van der Waals surface area contributed by atoms with Gasteiger partial charge in [-0.15, -0.1) is 0 Å². The molecule has 1 aromatic rings. The number of nitrogens with one attached hydrogen (secondary N) is 1. The van der Waals surface area contributed by atoms with Crippen LogP contribution in [0.25, 0.3) is 0 Å². The number of benzene rings is 1. The van der Waals surface area contributed by atoms with Crippen molar-refractivity contribution in [3.8, 4) is 0 Å². The molecule has 110 valence electrons. The van der Waals surface area contributed by atoms with Gasteiger partial charge in [0.25, 0.3) is 0 Å². The molecule has 0 amide bonds. The fourth-order valence-electron chi connectivity index (χ4n) is 2.92. The molecule has 2 aliphatic rings. The van der Waals surface area contributed by atoms with Gasteiger partial charge in [0.1, 0.15) is 0 Å². The topological polar surface area (TPSA) is 27.7 Å². The number of ether oxygens (including phenoxy) is 1. The summed E-state index contributed by atoms with van der Waals surface area (Å²) < 4.78 is 5.29. The Morgan fingerprint density at radius 1 is 1.20 bits per heavy atom. The lowest BCUT2D eigenvalue weighted by molar-refractivity contribution is -0.0660. The summed E-state index contributed by atoms with van der Waals surface area (Å²) in [5.74, 6) is 0.665. The maximum absolute atomic E-state index is 5.29. The Morgan fingerprint density at radius 3 is 2.55 bits per heavy atom. The summed E-state index contributed by atoms with van der Waals surface area (Å²) >= 11 is 4.24. The second-order valence-corrected chi connectivity index (χ2v) is 5.92. The minimum atomic E-state index is 0.663. The van der Waals surface area contributed by atoms with Gasteiger partial charge in [0, 0.05) is 37.6 Å². The van der Waals surface area contributed by atoms with E-state index in [2.05, 4.69) is 52.9 Å². The van der Waals surface area contributed by atoms with E-state index < -0.39 is 0 Å². The molecule has 2 heterocycles. The number of rotatable bonds is 4. The van der Waals surface area contributed by atoms with Gasteiger partial charge in [-0.05, 0) is 30.7 Å². The van der Waals surface area contributed by atoms with E-state index in [4.69, 9.17) is 4.74 Å². The normalized spacial score (nSPS) is 20.8. The lowest BCUT2D eigenvalue weighted by Crippen LogP contribution is -2.56. The molecule has 4 nitrogen and oxygen atoms in total. The smallest absolute Gasteiger partial charge is 0.0645 e. The van der Waals surface area contributed by atoms with Crippen molar-refractivity contribution in [2.45, 2.75) is 13.0 Å². The first-order valence-corrected chi connectivity index (χ1v) is 7.92. The summed E-state index contributed by atoms with van der Waals surface area (Å²) in [5, 5.41) is 3.28. The van der Waals surface area contributed by atoms with Crippen molar-refractivity contribution < 1.29 is 4.74 Å². The van der Waals surface area contributed by atoms with Gasteiger partial charge in [-0.25, -0.2) is 0 Å². The van der Waals surface area contributed by atoms with Gasteiger partial charge >= 0.3 is 0 Å². The van der Waals surface area contributed by atoms with Gasteiger partial charge in [-0.3, -0.25) is 4.90 Å². The first kappa shape index (κ1) is 14.0. The number of anilines is 2. The van der Waals surface area contributed by atoms with Crippen molar-refractivity contribution in [2.75, 3.05) is 55.5 Å². The summed E-state index contributed by atoms with van der Waals surface area (Å²) in [6.07, 6.45) is 0. The Morgan fingerprint density at radius 2 is 1.95 bits per heavy atom. The molecule has 0 bridgehead atoms. The standard InChI is InChI=1S/C15H23N3OS/c1-12-6-13(16-11-20)8-14(7-12)17-2-4-18(5-3-17)15-9-19-10-15/h6-8,15-16,20H,2-5,9-11H2,1H3. The SMILES string of the molecule is Cc1cc(NCS)cc(N2CCN(C3COC3)CC2)c1. The summed E-state index contributed by atoms with van der Waals surface area (Å²) in [6, 6.07) is 7.33. The number of thiol groups is 1. The van der Waals surface area contributed by atoms with E-state index >= 15 is 0 Å². The van der Waals surface area contributed by atoms with Gasteiger partial charge in [-0.1, -0.05) is 0 Å². The fourth-order valence-corrected chi connectivity index (χ4v) is 3.10. The molecule has 3 rings (SSSR count). The van der Waals surface area contributed by atoms with Gasteiger partial charge in [0.2, 0.25) is 0 Å². The largest absolute Gasteiger partial charge is 0.378 e. The molecule has 20 heavy (non-hydrogen) atoms. The zero-order valence-corrected chi connectivity index (χ0v) is 12.9. The molecule has 0 aromatic heterocycles. The molecule has 0 saturated carbocycles. The highest BCUT2D eigenvalue weighted by atomic mass is 32.1. The van der Waals surface area contributed by atoms with Gasteiger partial charge in [-0.2, -0.15) is 12.6 Å². The van der Waals surface area contributed by atoms with Crippen LogP contribution < -0.4 is 10.2 Å². The molecule has 2 aliphatic heterocycles. The summed E-state index contributed by atoms with van der Waals surface area (Å²) in [5.41, 5.74) is 3.77. The maximum atomic E-state index is 5.29. The molecule has 5 heteroatoms. The predicted molar refractivity (Wildman–Crippen MR) is 87.0 cm³/mol. The van der Waals surface area contributed by atoms with E-state index in [1.54, 1.807) is 0 Å². The highest BCUT2D eigenvalue weighted by Gasteiger charge is 2.28. The molecule has 2 saturated heterocycles. The van der Waals surface area contributed by atoms with Crippen LogP contribution in [0.2, 0.25) is 0 Å². The Bertz CT molecular complexity index is 456. The molecule has 0 radical (unpaired) electrons. The number of nitrogens with zero attached hydrogens (tertiary/aromatic N) is 2. The first-order chi connectivity index (χ1) is 9.76. The lowest BCUT2D eigenvalue weighted by Gasteiger charge is -2.43. The number of piperazine rings is 1. The Hall–Kier alpha value is -0.910. The molecule has 0 aliphatic carbocycles. The number of hydrogen-bond acceptors (Lipinski definition) is 5. The molecule has 0 spiro atoms.